The van der Waals surface area contributed by atoms with Crippen LogP contribution in [0.15, 0.2) is 29.2 Å². The number of carboxylic acid groups (broad SMARTS) is 1. The van der Waals surface area contributed by atoms with E-state index in [9.17, 15) is 26.4 Å². The lowest BCUT2D eigenvalue weighted by Crippen LogP contribution is -2.24. The molecule has 1 aliphatic carbocycles. The zero-order valence-electron chi connectivity index (χ0n) is 10.6. The fourth-order valence-electron chi connectivity index (χ4n) is 1.77. The molecule has 116 valence electrons. The average Bonchev–Trinajstić information content (AvgIpc) is 3.17. The summed E-state index contributed by atoms with van der Waals surface area (Å²) in [4.78, 5) is 10.1. The summed E-state index contributed by atoms with van der Waals surface area (Å²) in [6.45, 7) is 0.147. The standard InChI is InChI=1S/C12H12F3NO4S/c13-12(14,15)21(19,20)9-3-1-8(2-4-9)16-7-11(5-6-11)10(17)18/h1-4,16H,5-7H2,(H,17,18). The van der Waals surface area contributed by atoms with E-state index in [1.807, 2.05) is 0 Å². The Morgan fingerprint density at radius 3 is 2.14 bits per heavy atom. The van der Waals surface area contributed by atoms with E-state index in [1.165, 1.54) is 12.1 Å². The number of hydrogen-bond donors (Lipinski definition) is 2. The molecular weight excluding hydrogens is 311 g/mol. The second-order valence-electron chi connectivity index (χ2n) is 4.91. The first kappa shape index (κ1) is 15.6. The summed E-state index contributed by atoms with van der Waals surface area (Å²) in [6.07, 6.45) is 1.08. The maximum absolute atomic E-state index is 12.4. The van der Waals surface area contributed by atoms with Crippen molar-refractivity contribution in [2.75, 3.05) is 11.9 Å². The molecular formula is C12H12F3NO4S. The van der Waals surface area contributed by atoms with Gasteiger partial charge in [-0.3, -0.25) is 4.79 Å². The highest BCUT2D eigenvalue weighted by Gasteiger charge is 2.50. The largest absolute Gasteiger partial charge is 0.501 e. The number of hydrogen-bond acceptors (Lipinski definition) is 4. The number of benzene rings is 1. The zero-order chi connectivity index (χ0) is 15.9. The second-order valence-corrected chi connectivity index (χ2v) is 6.85. The first-order chi connectivity index (χ1) is 9.58. The van der Waals surface area contributed by atoms with Gasteiger partial charge in [-0.1, -0.05) is 0 Å². The van der Waals surface area contributed by atoms with E-state index < -0.39 is 31.6 Å². The van der Waals surface area contributed by atoms with Gasteiger partial charge in [0.15, 0.2) is 0 Å². The van der Waals surface area contributed by atoms with Crippen molar-refractivity contribution in [2.24, 2.45) is 5.41 Å². The van der Waals surface area contributed by atoms with E-state index in [0.29, 0.717) is 18.5 Å². The Morgan fingerprint density at radius 1 is 1.24 bits per heavy atom. The molecule has 0 aromatic heterocycles. The Kier molecular flexibility index (Phi) is 3.64. The predicted octanol–water partition coefficient (Wildman–Crippen LogP) is 2.26. The van der Waals surface area contributed by atoms with E-state index in [4.69, 9.17) is 5.11 Å². The quantitative estimate of drug-likeness (QED) is 0.868. The molecule has 0 aliphatic heterocycles. The number of carboxylic acids is 1. The second kappa shape index (κ2) is 4.90. The van der Waals surface area contributed by atoms with Crippen molar-refractivity contribution in [3.05, 3.63) is 24.3 Å². The van der Waals surface area contributed by atoms with Gasteiger partial charge in [0.1, 0.15) is 0 Å². The smallest absolute Gasteiger partial charge is 0.481 e. The lowest BCUT2D eigenvalue weighted by Gasteiger charge is -2.13. The molecule has 0 atom stereocenters. The van der Waals surface area contributed by atoms with Gasteiger partial charge >= 0.3 is 11.5 Å². The molecule has 0 bridgehead atoms. The van der Waals surface area contributed by atoms with Crippen LogP contribution >= 0.6 is 0 Å². The van der Waals surface area contributed by atoms with Crippen LogP contribution in [0.3, 0.4) is 0 Å². The molecule has 1 fully saturated rings. The van der Waals surface area contributed by atoms with Crippen LogP contribution < -0.4 is 5.32 Å². The SMILES string of the molecule is O=C(O)C1(CNc2ccc(S(=O)(=O)C(F)(F)F)cc2)CC1. The fourth-order valence-corrected chi connectivity index (χ4v) is 2.54. The van der Waals surface area contributed by atoms with Crippen LogP contribution in [0, 0.1) is 5.41 Å². The van der Waals surface area contributed by atoms with Crippen molar-refractivity contribution in [2.45, 2.75) is 23.2 Å². The van der Waals surface area contributed by atoms with Gasteiger partial charge in [0.2, 0.25) is 0 Å². The molecule has 0 amide bonds. The van der Waals surface area contributed by atoms with Crippen molar-refractivity contribution >= 4 is 21.5 Å². The molecule has 2 rings (SSSR count). The highest BCUT2D eigenvalue weighted by molar-refractivity contribution is 7.92. The molecule has 5 nitrogen and oxygen atoms in total. The summed E-state index contributed by atoms with van der Waals surface area (Å²) in [5.41, 5.74) is -5.80. The molecule has 0 unspecified atom stereocenters. The molecule has 1 saturated carbocycles. The number of aliphatic carboxylic acids is 1. The number of sulfone groups is 1. The first-order valence-electron chi connectivity index (χ1n) is 5.97. The third kappa shape index (κ3) is 2.97. The van der Waals surface area contributed by atoms with Crippen molar-refractivity contribution < 1.29 is 31.5 Å². The Hall–Kier alpha value is -1.77. The Bertz CT molecular complexity index is 648. The minimum Gasteiger partial charge on any atom is -0.481 e. The fraction of sp³-hybridized carbons (Fsp3) is 0.417. The number of alkyl halides is 3. The minimum atomic E-state index is -5.36. The highest BCUT2D eigenvalue weighted by Crippen LogP contribution is 2.45. The van der Waals surface area contributed by atoms with E-state index in [0.717, 1.165) is 12.1 Å². The van der Waals surface area contributed by atoms with Crippen LogP contribution in [0.2, 0.25) is 0 Å². The molecule has 0 radical (unpaired) electrons. The summed E-state index contributed by atoms with van der Waals surface area (Å²) in [6, 6.07) is 4.03. The molecule has 1 aromatic carbocycles. The third-order valence-electron chi connectivity index (χ3n) is 3.41. The lowest BCUT2D eigenvalue weighted by atomic mass is 10.1. The van der Waals surface area contributed by atoms with Crippen molar-refractivity contribution in [3.8, 4) is 0 Å². The van der Waals surface area contributed by atoms with Crippen molar-refractivity contribution in [1.82, 2.24) is 0 Å². The molecule has 1 aliphatic rings. The molecule has 0 saturated heterocycles. The van der Waals surface area contributed by atoms with Gasteiger partial charge in [0, 0.05) is 12.2 Å². The van der Waals surface area contributed by atoms with Crippen molar-refractivity contribution in [3.63, 3.8) is 0 Å². The number of nitrogens with one attached hydrogen (secondary N) is 1. The number of rotatable bonds is 5. The molecule has 9 heteroatoms. The number of anilines is 1. The zero-order valence-corrected chi connectivity index (χ0v) is 11.5. The number of halogens is 3. The summed E-state index contributed by atoms with van der Waals surface area (Å²) < 4.78 is 59.4. The van der Waals surface area contributed by atoms with Gasteiger partial charge in [-0.05, 0) is 37.1 Å². The maximum atomic E-state index is 12.4. The van der Waals surface area contributed by atoms with Gasteiger partial charge < -0.3 is 10.4 Å². The Morgan fingerprint density at radius 2 is 1.76 bits per heavy atom. The molecule has 0 heterocycles. The van der Waals surface area contributed by atoms with E-state index >= 15 is 0 Å². The monoisotopic (exact) mass is 323 g/mol. The predicted molar refractivity (Wildman–Crippen MR) is 67.5 cm³/mol. The van der Waals surface area contributed by atoms with Crippen LogP contribution in [0.1, 0.15) is 12.8 Å². The molecule has 0 spiro atoms. The summed E-state index contributed by atoms with van der Waals surface area (Å²) in [5, 5.41) is 11.8. The third-order valence-corrected chi connectivity index (χ3v) is 4.91. The van der Waals surface area contributed by atoms with E-state index in [1.54, 1.807) is 0 Å². The summed E-state index contributed by atoms with van der Waals surface area (Å²) >= 11 is 0. The van der Waals surface area contributed by atoms with Crippen LogP contribution in [0.5, 0.6) is 0 Å². The highest BCUT2D eigenvalue weighted by atomic mass is 32.2. The topological polar surface area (TPSA) is 83.5 Å². The van der Waals surface area contributed by atoms with Gasteiger partial charge in [-0.2, -0.15) is 13.2 Å². The number of carbonyl (C=O) groups is 1. The Balaban J connectivity index is 2.08. The lowest BCUT2D eigenvalue weighted by molar-refractivity contribution is -0.142. The van der Waals surface area contributed by atoms with Gasteiger partial charge in [-0.15, -0.1) is 0 Å². The summed E-state index contributed by atoms with van der Waals surface area (Å²) in [7, 11) is -5.36. The normalized spacial score (nSPS) is 17.3. The van der Waals surface area contributed by atoms with Gasteiger partial charge in [0.25, 0.3) is 9.84 Å². The Labute approximate surface area is 118 Å². The van der Waals surface area contributed by atoms with Crippen LogP contribution in [-0.2, 0) is 14.6 Å². The minimum absolute atomic E-state index is 0.147. The molecule has 2 N–H and O–H groups in total. The first-order valence-corrected chi connectivity index (χ1v) is 7.46. The van der Waals surface area contributed by atoms with Crippen LogP contribution in [0.25, 0.3) is 0 Å². The van der Waals surface area contributed by atoms with E-state index in [-0.39, 0.29) is 6.54 Å². The average molecular weight is 323 g/mol. The maximum Gasteiger partial charge on any atom is 0.501 e. The van der Waals surface area contributed by atoms with Crippen LogP contribution in [-0.4, -0.2) is 31.5 Å². The van der Waals surface area contributed by atoms with Gasteiger partial charge in [0.05, 0.1) is 10.3 Å². The van der Waals surface area contributed by atoms with Crippen molar-refractivity contribution in [1.29, 1.82) is 0 Å². The molecule has 21 heavy (non-hydrogen) atoms. The van der Waals surface area contributed by atoms with Crippen LogP contribution in [0.4, 0.5) is 18.9 Å². The molecule has 1 aromatic rings. The van der Waals surface area contributed by atoms with E-state index in [2.05, 4.69) is 5.32 Å². The summed E-state index contributed by atoms with van der Waals surface area (Å²) in [5.74, 6) is -0.925. The van der Waals surface area contributed by atoms with Gasteiger partial charge in [-0.25, -0.2) is 8.42 Å².